The Balaban J connectivity index is 3.20. The fourth-order valence-corrected chi connectivity index (χ4v) is 1.61. The van der Waals surface area contributed by atoms with Gasteiger partial charge in [-0.15, -0.1) is 6.58 Å². The largest absolute Gasteiger partial charge is 0.294 e. The van der Waals surface area contributed by atoms with Crippen molar-refractivity contribution >= 4 is 17.4 Å². The predicted octanol–water partition coefficient (Wildman–Crippen LogP) is 3.66. The van der Waals surface area contributed by atoms with Gasteiger partial charge in [-0.25, -0.2) is 0 Å². The molecule has 1 aromatic carbocycles. The molecule has 0 N–H and O–H groups in total. The second-order valence-corrected chi connectivity index (χ2v) is 3.44. The van der Waals surface area contributed by atoms with Gasteiger partial charge in [-0.2, -0.15) is 0 Å². The molecule has 1 aromatic rings. The minimum atomic E-state index is 0.129. The molecule has 0 amide bonds. The normalized spacial score (nSPS) is 9.86. The maximum Gasteiger partial charge on any atom is 0.162 e. The van der Waals surface area contributed by atoms with Gasteiger partial charge in [-0.1, -0.05) is 36.7 Å². The van der Waals surface area contributed by atoms with Crippen LogP contribution in [-0.2, 0) is 6.42 Å². The van der Waals surface area contributed by atoms with Crippen LogP contribution >= 0.6 is 11.6 Å². The summed E-state index contributed by atoms with van der Waals surface area (Å²) in [6.07, 6.45) is 2.90. The molecule has 0 heterocycles. The van der Waals surface area contributed by atoms with Crippen LogP contribution in [0.4, 0.5) is 0 Å². The fourth-order valence-electron chi connectivity index (χ4n) is 1.36. The molecule has 0 atom stereocenters. The van der Waals surface area contributed by atoms with E-state index in [4.69, 9.17) is 11.6 Å². The summed E-state index contributed by atoms with van der Waals surface area (Å²) < 4.78 is 0. The zero-order chi connectivity index (χ0) is 10.6. The van der Waals surface area contributed by atoms with E-state index in [0.717, 1.165) is 11.1 Å². The number of benzene rings is 1. The SMILES string of the molecule is C=CCc1c(Cl)cccc1C(=O)CC. The molecule has 0 saturated carbocycles. The van der Waals surface area contributed by atoms with Crippen LogP contribution in [0.25, 0.3) is 0 Å². The van der Waals surface area contributed by atoms with Gasteiger partial charge in [0.2, 0.25) is 0 Å². The highest BCUT2D eigenvalue weighted by Gasteiger charge is 2.10. The molecule has 0 unspecified atom stereocenters. The maximum atomic E-state index is 11.6. The van der Waals surface area contributed by atoms with Gasteiger partial charge in [-0.3, -0.25) is 4.79 Å². The second-order valence-electron chi connectivity index (χ2n) is 3.04. The summed E-state index contributed by atoms with van der Waals surface area (Å²) >= 11 is 6.01. The molecule has 1 nitrogen and oxygen atoms in total. The summed E-state index contributed by atoms with van der Waals surface area (Å²) in [6, 6.07) is 5.42. The van der Waals surface area contributed by atoms with Gasteiger partial charge in [-0.05, 0) is 18.1 Å². The number of carbonyl (C=O) groups excluding carboxylic acids is 1. The first kappa shape index (κ1) is 11.0. The van der Waals surface area contributed by atoms with Crippen LogP contribution in [0.3, 0.4) is 0 Å². The van der Waals surface area contributed by atoms with Gasteiger partial charge in [0, 0.05) is 17.0 Å². The van der Waals surface area contributed by atoms with E-state index in [1.54, 1.807) is 18.2 Å². The Bertz CT molecular complexity index is 355. The third-order valence-electron chi connectivity index (χ3n) is 2.09. The summed E-state index contributed by atoms with van der Waals surface area (Å²) in [6.45, 7) is 5.50. The maximum absolute atomic E-state index is 11.6. The zero-order valence-electron chi connectivity index (χ0n) is 8.22. The Morgan fingerprint density at radius 3 is 2.86 bits per heavy atom. The number of carbonyl (C=O) groups is 1. The molecular weight excluding hydrogens is 196 g/mol. The number of halogens is 1. The molecule has 2 heteroatoms. The minimum absolute atomic E-state index is 0.129. The highest BCUT2D eigenvalue weighted by atomic mass is 35.5. The monoisotopic (exact) mass is 208 g/mol. The molecule has 0 radical (unpaired) electrons. The second kappa shape index (κ2) is 4.97. The molecule has 74 valence electrons. The summed E-state index contributed by atoms with van der Waals surface area (Å²) in [7, 11) is 0. The Morgan fingerprint density at radius 1 is 1.57 bits per heavy atom. The lowest BCUT2D eigenvalue weighted by atomic mass is 10.00. The van der Waals surface area contributed by atoms with Crippen molar-refractivity contribution in [2.75, 3.05) is 0 Å². The molecule has 0 aliphatic heterocycles. The van der Waals surface area contributed by atoms with Crippen LogP contribution in [0.5, 0.6) is 0 Å². The Hall–Kier alpha value is -1.08. The van der Waals surface area contributed by atoms with Crippen molar-refractivity contribution in [3.8, 4) is 0 Å². The summed E-state index contributed by atoms with van der Waals surface area (Å²) in [5.41, 5.74) is 1.61. The van der Waals surface area contributed by atoms with Gasteiger partial charge in [0.25, 0.3) is 0 Å². The van der Waals surface area contributed by atoms with Crippen LogP contribution in [0.15, 0.2) is 30.9 Å². The average Bonchev–Trinajstić information content (AvgIpc) is 2.20. The number of ketones is 1. The number of rotatable bonds is 4. The molecule has 0 aliphatic rings. The van der Waals surface area contributed by atoms with Crippen LogP contribution in [0.2, 0.25) is 5.02 Å². The highest BCUT2D eigenvalue weighted by molar-refractivity contribution is 6.32. The third kappa shape index (κ3) is 2.24. The lowest BCUT2D eigenvalue weighted by molar-refractivity contribution is 0.0987. The first-order valence-electron chi connectivity index (χ1n) is 4.62. The van der Waals surface area contributed by atoms with Crippen LogP contribution < -0.4 is 0 Å². The van der Waals surface area contributed by atoms with Gasteiger partial charge in [0.1, 0.15) is 0 Å². The van der Waals surface area contributed by atoms with Crippen molar-refractivity contribution in [3.63, 3.8) is 0 Å². The molecule has 14 heavy (non-hydrogen) atoms. The van der Waals surface area contributed by atoms with Crippen molar-refractivity contribution in [2.45, 2.75) is 19.8 Å². The van der Waals surface area contributed by atoms with Crippen LogP contribution in [0, 0.1) is 0 Å². The molecule has 0 fully saturated rings. The Morgan fingerprint density at radius 2 is 2.29 bits per heavy atom. The summed E-state index contributed by atoms with van der Waals surface area (Å²) in [5, 5.41) is 0.643. The van der Waals surface area contributed by atoms with Crippen molar-refractivity contribution in [1.82, 2.24) is 0 Å². The van der Waals surface area contributed by atoms with Crippen molar-refractivity contribution in [2.24, 2.45) is 0 Å². The van der Waals surface area contributed by atoms with E-state index in [1.807, 2.05) is 13.0 Å². The number of hydrogen-bond acceptors (Lipinski definition) is 1. The van der Waals surface area contributed by atoms with Crippen LogP contribution in [0.1, 0.15) is 29.3 Å². The molecule has 0 aromatic heterocycles. The van der Waals surface area contributed by atoms with E-state index in [0.29, 0.717) is 17.9 Å². The minimum Gasteiger partial charge on any atom is -0.294 e. The van der Waals surface area contributed by atoms with Crippen molar-refractivity contribution in [3.05, 3.63) is 47.0 Å². The standard InChI is InChI=1S/C12H13ClO/c1-3-6-9-10(12(14)4-2)7-5-8-11(9)13/h3,5,7-8H,1,4,6H2,2H3. The molecule has 1 rings (SSSR count). The molecule has 0 aliphatic carbocycles. The van der Waals surface area contributed by atoms with Crippen LogP contribution in [-0.4, -0.2) is 5.78 Å². The van der Waals surface area contributed by atoms with Gasteiger partial charge >= 0.3 is 0 Å². The van der Waals surface area contributed by atoms with E-state index in [-0.39, 0.29) is 5.78 Å². The average molecular weight is 209 g/mol. The predicted molar refractivity (Wildman–Crippen MR) is 60.0 cm³/mol. The van der Waals surface area contributed by atoms with E-state index < -0.39 is 0 Å². The Labute approximate surface area is 89.4 Å². The lowest BCUT2D eigenvalue weighted by Crippen LogP contribution is -2.02. The molecular formula is C12H13ClO. The topological polar surface area (TPSA) is 17.1 Å². The number of hydrogen-bond donors (Lipinski definition) is 0. The highest BCUT2D eigenvalue weighted by Crippen LogP contribution is 2.22. The molecule has 0 bridgehead atoms. The third-order valence-corrected chi connectivity index (χ3v) is 2.44. The fraction of sp³-hybridized carbons (Fsp3) is 0.250. The van der Waals surface area contributed by atoms with E-state index >= 15 is 0 Å². The molecule has 0 saturated heterocycles. The van der Waals surface area contributed by atoms with E-state index in [9.17, 15) is 4.79 Å². The van der Waals surface area contributed by atoms with Gasteiger partial charge < -0.3 is 0 Å². The summed E-state index contributed by atoms with van der Waals surface area (Å²) in [4.78, 5) is 11.6. The Kier molecular flexibility index (Phi) is 3.90. The van der Waals surface area contributed by atoms with Crippen molar-refractivity contribution in [1.29, 1.82) is 0 Å². The molecule has 0 spiro atoms. The smallest absolute Gasteiger partial charge is 0.162 e. The zero-order valence-corrected chi connectivity index (χ0v) is 8.97. The van der Waals surface area contributed by atoms with E-state index in [2.05, 4.69) is 6.58 Å². The first-order valence-corrected chi connectivity index (χ1v) is 5.00. The first-order chi connectivity index (χ1) is 6.70. The van der Waals surface area contributed by atoms with Gasteiger partial charge in [0.15, 0.2) is 5.78 Å². The number of allylic oxidation sites excluding steroid dienone is 1. The summed E-state index contributed by atoms with van der Waals surface area (Å²) in [5.74, 6) is 0.129. The lowest BCUT2D eigenvalue weighted by Gasteiger charge is -2.07. The van der Waals surface area contributed by atoms with Crippen molar-refractivity contribution < 1.29 is 4.79 Å². The quantitative estimate of drug-likeness (QED) is 0.545. The number of Topliss-reactive ketones (excluding diaryl/α,β-unsaturated/α-hetero) is 1. The van der Waals surface area contributed by atoms with E-state index in [1.165, 1.54) is 0 Å². The van der Waals surface area contributed by atoms with Gasteiger partial charge in [0.05, 0.1) is 0 Å².